The van der Waals surface area contributed by atoms with Crippen molar-refractivity contribution in [3.8, 4) is 6.07 Å². The van der Waals surface area contributed by atoms with E-state index in [4.69, 9.17) is 4.42 Å². The average molecular weight is 480 g/mol. The molecule has 0 spiro atoms. The Bertz CT molecular complexity index is 1290. The Kier molecular flexibility index (Phi) is 6.58. The van der Waals surface area contributed by atoms with E-state index in [9.17, 15) is 10.1 Å². The lowest BCUT2D eigenvalue weighted by Crippen LogP contribution is -2.20. The Balaban J connectivity index is 1.55. The lowest BCUT2D eigenvalue weighted by molar-refractivity contribution is -0.113. The van der Waals surface area contributed by atoms with E-state index < -0.39 is 0 Å². The normalized spacial score (nSPS) is 14.7. The van der Waals surface area contributed by atoms with Crippen LogP contribution in [0.2, 0.25) is 0 Å². The molecule has 0 radical (unpaired) electrons. The molecule has 4 rings (SSSR count). The fourth-order valence-corrected chi connectivity index (χ4v) is 5.84. The van der Waals surface area contributed by atoms with Crippen molar-refractivity contribution in [2.24, 2.45) is 0 Å². The van der Waals surface area contributed by atoms with Gasteiger partial charge in [-0.15, -0.1) is 21.5 Å². The zero-order valence-electron chi connectivity index (χ0n) is 19.0. The smallest absolute Gasteiger partial charge is 0.235 e. The lowest BCUT2D eigenvalue weighted by atomic mass is 9.77. The number of rotatable bonds is 7. The van der Waals surface area contributed by atoms with Gasteiger partial charge in [0, 0.05) is 22.4 Å². The summed E-state index contributed by atoms with van der Waals surface area (Å²) >= 11 is 2.82. The SMILES string of the molecule is CCn1cnnc1SCC(=O)Nc1sc2c(c1C#N)C=C(/C=C\c1ccc(C)o1)CC2(C)C. The van der Waals surface area contributed by atoms with Gasteiger partial charge in [-0.1, -0.05) is 31.7 Å². The highest BCUT2D eigenvalue weighted by Gasteiger charge is 2.33. The molecule has 7 nitrogen and oxygen atoms in total. The number of furan rings is 1. The molecule has 1 N–H and O–H groups in total. The molecule has 33 heavy (non-hydrogen) atoms. The van der Waals surface area contributed by atoms with Gasteiger partial charge >= 0.3 is 0 Å². The summed E-state index contributed by atoms with van der Waals surface area (Å²) in [4.78, 5) is 13.8. The van der Waals surface area contributed by atoms with E-state index in [2.05, 4.69) is 41.5 Å². The van der Waals surface area contributed by atoms with E-state index in [0.717, 1.165) is 40.5 Å². The largest absolute Gasteiger partial charge is 0.462 e. The van der Waals surface area contributed by atoms with Gasteiger partial charge in [0.05, 0.1) is 11.3 Å². The minimum Gasteiger partial charge on any atom is -0.462 e. The van der Waals surface area contributed by atoms with Crippen LogP contribution in [0.4, 0.5) is 5.00 Å². The molecule has 0 bridgehead atoms. The molecule has 1 aliphatic rings. The number of hydrogen-bond acceptors (Lipinski definition) is 7. The Hall–Kier alpha value is -3.09. The Morgan fingerprint density at radius 1 is 1.42 bits per heavy atom. The number of aromatic nitrogens is 3. The standard InChI is InChI=1S/C24H25N5O2S2/c1-5-29-14-26-28-23(29)32-13-20(30)27-22-19(12-25)18-10-16(11-24(3,4)21(18)33-22)7-9-17-8-6-15(2)31-17/h6-10,14H,5,11,13H2,1-4H3,(H,27,30)/b9-7-. The molecule has 3 aromatic rings. The fraction of sp³-hybridized carbons (Fsp3) is 0.333. The summed E-state index contributed by atoms with van der Waals surface area (Å²) in [6, 6.07) is 6.18. The maximum absolute atomic E-state index is 12.6. The summed E-state index contributed by atoms with van der Waals surface area (Å²) in [6.07, 6.45) is 8.52. The van der Waals surface area contributed by atoms with Crippen LogP contribution in [0.15, 0.2) is 39.7 Å². The van der Waals surface area contributed by atoms with Crippen molar-refractivity contribution in [3.05, 3.63) is 57.6 Å². The third kappa shape index (κ3) is 4.97. The van der Waals surface area contributed by atoms with Crippen LogP contribution in [0.25, 0.3) is 12.2 Å². The first kappa shape index (κ1) is 23.1. The number of allylic oxidation sites excluding steroid dienone is 2. The van der Waals surface area contributed by atoms with Crippen molar-refractivity contribution in [3.63, 3.8) is 0 Å². The summed E-state index contributed by atoms with van der Waals surface area (Å²) < 4.78 is 7.51. The van der Waals surface area contributed by atoms with E-state index in [-0.39, 0.29) is 17.1 Å². The van der Waals surface area contributed by atoms with Crippen LogP contribution in [0.1, 0.15) is 54.7 Å². The number of nitrogens with one attached hydrogen (secondary N) is 1. The molecule has 170 valence electrons. The van der Waals surface area contributed by atoms with E-state index in [1.54, 1.807) is 6.33 Å². The van der Waals surface area contributed by atoms with E-state index >= 15 is 0 Å². The number of carbonyl (C=O) groups excluding carboxylic acids is 1. The van der Waals surface area contributed by atoms with Crippen LogP contribution in [0.3, 0.4) is 0 Å². The third-order valence-electron chi connectivity index (χ3n) is 5.38. The van der Waals surface area contributed by atoms with Crippen molar-refractivity contribution < 1.29 is 9.21 Å². The summed E-state index contributed by atoms with van der Waals surface area (Å²) in [5, 5.41) is 22.1. The quantitative estimate of drug-likeness (QED) is 0.440. The van der Waals surface area contributed by atoms with Gasteiger partial charge in [-0.05, 0) is 50.1 Å². The molecule has 3 heterocycles. The van der Waals surface area contributed by atoms with Crippen LogP contribution in [0, 0.1) is 18.3 Å². The highest BCUT2D eigenvalue weighted by Crippen LogP contribution is 2.47. The molecular formula is C24H25N5O2S2. The number of amides is 1. The highest BCUT2D eigenvalue weighted by atomic mass is 32.2. The maximum Gasteiger partial charge on any atom is 0.235 e. The number of anilines is 1. The zero-order valence-corrected chi connectivity index (χ0v) is 20.6. The van der Waals surface area contributed by atoms with Gasteiger partial charge < -0.3 is 14.3 Å². The van der Waals surface area contributed by atoms with Crippen molar-refractivity contribution in [2.75, 3.05) is 11.1 Å². The van der Waals surface area contributed by atoms with Gasteiger partial charge in [-0.3, -0.25) is 4.79 Å². The molecule has 0 fully saturated rings. The van der Waals surface area contributed by atoms with Crippen LogP contribution in [-0.4, -0.2) is 26.4 Å². The molecule has 0 atom stereocenters. The van der Waals surface area contributed by atoms with Crippen molar-refractivity contribution in [2.45, 2.75) is 51.2 Å². The van der Waals surface area contributed by atoms with Crippen molar-refractivity contribution in [1.82, 2.24) is 14.8 Å². The first-order chi connectivity index (χ1) is 15.8. The molecule has 0 saturated carbocycles. The van der Waals surface area contributed by atoms with E-state index in [1.807, 2.05) is 42.7 Å². The van der Waals surface area contributed by atoms with Gasteiger partial charge in [0.15, 0.2) is 5.16 Å². The first-order valence-corrected chi connectivity index (χ1v) is 12.4. The van der Waals surface area contributed by atoms with Crippen LogP contribution < -0.4 is 5.32 Å². The molecule has 1 aliphatic carbocycles. The molecule has 0 unspecified atom stereocenters. The molecule has 9 heteroatoms. The number of hydrogen-bond donors (Lipinski definition) is 1. The number of aryl methyl sites for hydroxylation is 2. The van der Waals surface area contributed by atoms with Gasteiger partial charge in [0.25, 0.3) is 0 Å². The highest BCUT2D eigenvalue weighted by molar-refractivity contribution is 7.99. The summed E-state index contributed by atoms with van der Waals surface area (Å²) in [7, 11) is 0. The van der Waals surface area contributed by atoms with Gasteiger partial charge in [0.2, 0.25) is 5.91 Å². The number of nitrogens with zero attached hydrogens (tertiary/aromatic N) is 4. The number of fused-ring (bicyclic) bond motifs is 1. The monoisotopic (exact) mass is 479 g/mol. The topological polar surface area (TPSA) is 96.7 Å². The molecule has 0 aliphatic heterocycles. The van der Waals surface area contributed by atoms with Gasteiger partial charge in [-0.25, -0.2) is 0 Å². The Morgan fingerprint density at radius 2 is 2.24 bits per heavy atom. The Morgan fingerprint density at radius 3 is 2.94 bits per heavy atom. The van der Waals surface area contributed by atoms with Crippen LogP contribution >= 0.6 is 23.1 Å². The molecule has 3 aromatic heterocycles. The van der Waals surface area contributed by atoms with Crippen molar-refractivity contribution in [1.29, 1.82) is 5.26 Å². The number of nitriles is 1. The first-order valence-electron chi connectivity index (χ1n) is 10.6. The fourth-order valence-electron chi connectivity index (χ4n) is 3.82. The summed E-state index contributed by atoms with van der Waals surface area (Å²) in [5.41, 5.74) is 2.36. The number of thiophene rings is 1. The summed E-state index contributed by atoms with van der Waals surface area (Å²) in [6.45, 7) is 8.99. The Labute approximate surface area is 201 Å². The van der Waals surface area contributed by atoms with Gasteiger partial charge in [-0.2, -0.15) is 5.26 Å². The van der Waals surface area contributed by atoms with Crippen molar-refractivity contribution >= 4 is 46.2 Å². The third-order valence-corrected chi connectivity index (χ3v) is 7.84. The zero-order chi connectivity index (χ0) is 23.6. The predicted octanol–water partition coefficient (Wildman–Crippen LogP) is 5.64. The van der Waals surface area contributed by atoms with E-state index in [0.29, 0.717) is 15.7 Å². The van der Waals surface area contributed by atoms with Gasteiger partial charge in [0.1, 0.15) is 28.9 Å². The second-order valence-electron chi connectivity index (χ2n) is 8.46. The second kappa shape index (κ2) is 9.41. The molecule has 1 amide bonds. The minimum atomic E-state index is -0.171. The van der Waals surface area contributed by atoms with E-state index in [1.165, 1.54) is 23.1 Å². The predicted molar refractivity (Wildman–Crippen MR) is 132 cm³/mol. The number of carbonyl (C=O) groups is 1. The second-order valence-corrected chi connectivity index (χ2v) is 10.4. The minimum absolute atomic E-state index is 0.158. The maximum atomic E-state index is 12.6. The van der Waals surface area contributed by atoms with Crippen LogP contribution in [-0.2, 0) is 16.8 Å². The molecule has 0 aromatic carbocycles. The molecular weight excluding hydrogens is 454 g/mol. The lowest BCUT2D eigenvalue weighted by Gasteiger charge is -2.29. The number of thioether (sulfide) groups is 1. The van der Waals surface area contributed by atoms with Crippen LogP contribution in [0.5, 0.6) is 0 Å². The summed E-state index contributed by atoms with van der Waals surface area (Å²) in [5.74, 6) is 1.69. The average Bonchev–Trinajstić information content (AvgIpc) is 3.48. The molecule has 0 saturated heterocycles.